The summed E-state index contributed by atoms with van der Waals surface area (Å²) in [5, 5.41) is 16.0. The number of aromatic nitrogens is 4. The van der Waals surface area contributed by atoms with E-state index in [1.165, 1.54) is 6.92 Å². The number of ketones is 1. The van der Waals surface area contributed by atoms with Gasteiger partial charge >= 0.3 is 0 Å². The van der Waals surface area contributed by atoms with Gasteiger partial charge in [-0.3, -0.25) is 4.79 Å². The van der Waals surface area contributed by atoms with Crippen molar-refractivity contribution in [3.8, 4) is 5.75 Å². The maximum absolute atomic E-state index is 12.3. The van der Waals surface area contributed by atoms with Crippen LogP contribution in [0.2, 0.25) is 10.0 Å². The van der Waals surface area contributed by atoms with Gasteiger partial charge in [-0.2, -0.15) is 4.68 Å². The Morgan fingerprint density at radius 2 is 2.07 bits per heavy atom. The van der Waals surface area contributed by atoms with E-state index >= 15 is 0 Å². The van der Waals surface area contributed by atoms with E-state index in [0.717, 1.165) is 16.8 Å². The van der Waals surface area contributed by atoms with Crippen molar-refractivity contribution < 1.29 is 9.53 Å². The summed E-state index contributed by atoms with van der Waals surface area (Å²) in [7, 11) is 0. The van der Waals surface area contributed by atoms with Gasteiger partial charge in [0.05, 0.1) is 0 Å². The third-order valence-corrected chi connectivity index (χ3v) is 5.26. The molecular formula is C20H17Cl2N5O2. The fourth-order valence-corrected chi connectivity index (χ4v) is 3.81. The van der Waals surface area contributed by atoms with Crippen molar-refractivity contribution in [2.75, 3.05) is 5.32 Å². The van der Waals surface area contributed by atoms with Crippen LogP contribution in [0.5, 0.6) is 5.75 Å². The molecule has 148 valence electrons. The van der Waals surface area contributed by atoms with Crippen molar-refractivity contribution in [2.45, 2.75) is 26.5 Å². The second-order valence-electron chi connectivity index (χ2n) is 6.67. The lowest BCUT2D eigenvalue weighted by molar-refractivity contribution is -0.114. The Labute approximate surface area is 177 Å². The molecule has 2 heterocycles. The van der Waals surface area contributed by atoms with E-state index in [1.807, 2.05) is 37.3 Å². The molecule has 2 aromatic carbocycles. The lowest BCUT2D eigenvalue weighted by atomic mass is 9.93. The fourth-order valence-electron chi connectivity index (χ4n) is 3.35. The van der Waals surface area contributed by atoms with Crippen molar-refractivity contribution >= 4 is 34.9 Å². The van der Waals surface area contributed by atoms with Crippen molar-refractivity contribution in [1.82, 2.24) is 20.2 Å². The number of fused-ring (bicyclic) bond motifs is 1. The Kier molecular flexibility index (Phi) is 5.25. The molecule has 0 aliphatic carbocycles. The van der Waals surface area contributed by atoms with Crippen LogP contribution in [0.15, 0.2) is 53.7 Å². The maximum Gasteiger partial charge on any atom is 0.248 e. The number of carbonyl (C=O) groups is 1. The van der Waals surface area contributed by atoms with E-state index in [9.17, 15) is 4.79 Å². The number of hydrogen-bond donors (Lipinski definition) is 1. The molecule has 0 bridgehead atoms. The van der Waals surface area contributed by atoms with Crippen LogP contribution in [0.1, 0.15) is 31.0 Å². The standard InChI is InChI=1S/C20H17Cl2N5O2/c1-11-18(12(2)28)19(27-20(23-11)24-25-26-27)13-4-3-5-16(8-13)29-10-14-6-7-15(21)9-17(14)22/h3-9,19H,10H2,1-2H3,(H,23,24,26). The third kappa shape index (κ3) is 3.83. The van der Waals surface area contributed by atoms with Crippen LogP contribution >= 0.6 is 23.2 Å². The average Bonchev–Trinajstić information content (AvgIpc) is 3.14. The van der Waals surface area contributed by atoms with E-state index in [4.69, 9.17) is 27.9 Å². The molecular weight excluding hydrogens is 413 g/mol. The number of rotatable bonds is 5. The van der Waals surface area contributed by atoms with Gasteiger partial charge in [-0.05, 0) is 54.1 Å². The number of hydrogen-bond acceptors (Lipinski definition) is 6. The summed E-state index contributed by atoms with van der Waals surface area (Å²) in [6.45, 7) is 3.66. The number of nitrogens with zero attached hydrogens (tertiary/aromatic N) is 4. The second kappa shape index (κ2) is 7.85. The van der Waals surface area contributed by atoms with E-state index in [0.29, 0.717) is 27.3 Å². The fraction of sp³-hybridized carbons (Fsp3) is 0.200. The van der Waals surface area contributed by atoms with Crippen LogP contribution < -0.4 is 10.1 Å². The molecule has 0 fully saturated rings. The van der Waals surface area contributed by atoms with E-state index < -0.39 is 6.04 Å². The van der Waals surface area contributed by atoms with Gasteiger partial charge in [0.2, 0.25) is 5.95 Å². The summed E-state index contributed by atoms with van der Waals surface area (Å²) < 4.78 is 7.53. The minimum Gasteiger partial charge on any atom is -0.489 e. The van der Waals surface area contributed by atoms with Crippen molar-refractivity contribution in [3.05, 3.63) is 74.9 Å². The van der Waals surface area contributed by atoms with Crippen LogP contribution in [0.25, 0.3) is 0 Å². The first kappa shape index (κ1) is 19.4. The molecule has 0 radical (unpaired) electrons. The Balaban J connectivity index is 1.65. The van der Waals surface area contributed by atoms with Gasteiger partial charge in [-0.25, -0.2) is 0 Å². The van der Waals surface area contributed by atoms with Gasteiger partial charge in [0, 0.05) is 26.9 Å². The highest BCUT2D eigenvalue weighted by Gasteiger charge is 2.32. The number of carbonyl (C=O) groups excluding carboxylic acids is 1. The van der Waals surface area contributed by atoms with Crippen LogP contribution in [-0.2, 0) is 11.4 Å². The quantitative estimate of drug-likeness (QED) is 0.645. The van der Waals surface area contributed by atoms with Gasteiger partial charge in [0.1, 0.15) is 18.4 Å². The number of anilines is 1. The van der Waals surface area contributed by atoms with Crippen LogP contribution in [-0.4, -0.2) is 26.0 Å². The topological polar surface area (TPSA) is 81.9 Å². The molecule has 1 atom stereocenters. The molecule has 7 nitrogen and oxygen atoms in total. The summed E-state index contributed by atoms with van der Waals surface area (Å²) >= 11 is 12.2. The summed E-state index contributed by atoms with van der Waals surface area (Å²) in [5.74, 6) is 1.07. The molecule has 0 saturated carbocycles. The molecule has 0 saturated heterocycles. The van der Waals surface area contributed by atoms with Crippen molar-refractivity contribution in [2.24, 2.45) is 0 Å². The molecule has 0 amide bonds. The van der Waals surface area contributed by atoms with Crippen LogP contribution in [0, 0.1) is 0 Å². The summed E-state index contributed by atoms with van der Waals surface area (Å²) in [6, 6.07) is 12.3. The molecule has 1 aliphatic heterocycles. The number of halogens is 2. The van der Waals surface area contributed by atoms with E-state index in [-0.39, 0.29) is 12.4 Å². The predicted octanol–water partition coefficient (Wildman–Crippen LogP) is 4.44. The monoisotopic (exact) mass is 429 g/mol. The number of Topliss-reactive ketones (excluding diaryl/α,β-unsaturated/α-hetero) is 1. The van der Waals surface area contributed by atoms with Crippen molar-refractivity contribution in [1.29, 1.82) is 0 Å². The normalized spacial score (nSPS) is 15.7. The zero-order valence-corrected chi connectivity index (χ0v) is 17.2. The Morgan fingerprint density at radius 1 is 1.24 bits per heavy atom. The van der Waals surface area contributed by atoms with Gasteiger partial charge in [0.25, 0.3) is 0 Å². The average molecular weight is 430 g/mol. The first-order valence-corrected chi connectivity index (χ1v) is 9.63. The Morgan fingerprint density at radius 3 is 2.83 bits per heavy atom. The lowest BCUT2D eigenvalue weighted by Crippen LogP contribution is -2.27. The molecule has 1 N–H and O–H groups in total. The molecule has 1 aromatic heterocycles. The van der Waals surface area contributed by atoms with Crippen LogP contribution in [0.3, 0.4) is 0 Å². The number of ether oxygens (including phenoxy) is 1. The van der Waals surface area contributed by atoms with E-state index in [1.54, 1.807) is 16.8 Å². The predicted molar refractivity (Wildman–Crippen MR) is 110 cm³/mol. The second-order valence-corrected chi connectivity index (χ2v) is 7.51. The molecule has 4 rings (SSSR count). The molecule has 0 spiro atoms. The Hall–Kier alpha value is -2.90. The maximum atomic E-state index is 12.3. The largest absolute Gasteiger partial charge is 0.489 e. The zero-order valence-electron chi connectivity index (χ0n) is 15.7. The zero-order chi connectivity index (χ0) is 20.5. The van der Waals surface area contributed by atoms with Gasteiger partial charge in [-0.15, -0.1) is 0 Å². The van der Waals surface area contributed by atoms with Crippen LogP contribution in [0.4, 0.5) is 5.95 Å². The smallest absolute Gasteiger partial charge is 0.248 e. The molecule has 1 aliphatic rings. The Bertz CT molecular complexity index is 1130. The highest BCUT2D eigenvalue weighted by atomic mass is 35.5. The number of allylic oxidation sites excluding steroid dienone is 2. The molecule has 1 unspecified atom stereocenters. The van der Waals surface area contributed by atoms with Crippen molar-refractivity contribution in [3.63, 3.8) is 0 Å². The highest BCUT2D eigenvalue weighted by molar-refractivity contribution is 6.35. The number of benzene rings is 2. The number of tetrazole rings is 1. The number of nitrogens with one attached hydrogen (secondary N) is 1. The van der Waals surface area contributed by atoms with Gasteiger partial charge < -0.3 is 10.1 Å². The summed E-state index contributed by atoms with van der Waals surface area (Å²) in [5.41, 5.74) is 2.99. The van der Waals surface area contributed by atoms with E-state index in [2.05, 4.69) is 20.8 Å². The minimum atomic E-state index is -0.443. The lowest BCUT2D eigenvalue weighted by Gasteiger charge is -2.27. The molecule has 3 aromatic rings. The summed E-state index contributed by atoms with van der Waals surface area (Å²) in [4.78, 5) is 12.3. The third-order valence-electron chi connectivity index (χ3n) is 4.68. The van der Waals surface area contributed by atoms with Gasteiger partial charge in [0.15, 0.2) is 5.78 Å². The van der Waals surface area contributed by atoms with Gasteiger partial charge in [-0.1, -0.05) is 46.5 Å². The SMILES string of the molecule is CC(=O)C1=C(C)Nc2nnnn2C1c1cccc(OCc2ccc(Cl)cc2Cl)c1. The molecule has 9 heteroatoms. The minimum absolute atomic E-state index is 0.0552. The first-order valence-electron chi connectivity index (χ1n) is 8.87. The highest BCUT2D eigenvalue weighted by Crippen LogP contribution is 2.35. The molecule has 29 heavy (non-hydrogen) atoms. The summed E-state index contributed by atoms with van der Waals surface area (Å²) in [6.07, 6.45) is 0. The first-order chi connectivity index (χ1) is 13.9.